The molecule has 5 heteroatoms. The summed E-state index contributed by atoms with van der Waals surface area (Å²) in [6.07, 6.45) is 1.83. The van der Waals surface area contributed by atoms with Gasteiger partial charge in [-0.3, -0.25) is 4.98 Å². The molecule has 0 saturated carbocycles. The number of nitrogens with zero attached hydrogens (tertiary/aromatic N) is 5. The van der Waals surface area contributed by atoms with E-state index >= 15 is 0 Å². The zero-order chi connectivity index (χ0) is 18.2. The molecule has 0 radical (unpaired) electrons. The summed E-state index contributed by atoms with van der Waals surface area (Å²) in [5.74, 6) is 1.05. The van der Waals surface area contributed by atoms with Crippen molar-refractivity contribution in [2.75, 3.05) is 38.1 Å². The molecule has 1 aliphatic heterocycles. The maximum atomic E-state index is 5.03. The number of anilines is 1. The number of hydrogen-bond acceptors (Lipinski definition) is 5. The van der Waals surface area contributed by atoms with Gasteiger partial charge in [0, 0.05) is 31.6 Å². The highest BCUT2D eigenvalue weighted by atomic mass is 15.3. The molecular formula is C22H21N5. The van der Waals surface area contributed by atoms with E-state index < -0.39 is 0 Å². The molecule has 0 aliphatic carbocycles. The number of piperazine rings is 1. The van der Waals surface area contributed by atoms with Gasteiger partial charge in [-0.2, -0.15) is 0 Å². The van der Waals surface area contributed by atoms with Crippen LogP contribution in [0, 0.1) is 0 Å². The summed E-state index contributed by atoms with van der Waals surface area (Å²) in [6.45, 7) is 4.08. The second-order valence-corrected chi connectivity index (χ2v) is 7.09. The Morgan fingerprint density at radius 1 is 0.778 bits per heavy atom. The first kappa shape index (κ1) is 16.1. The van der Waals surface area contributed by atoms with Crippen molar-refractivity contribution in [3.05, 3.63) is 60.8 Å². The van der Waals surface area contributed by atoms with Crippen molar-refractivity contribution in [1.82, 2.24) is 19.9 Å². The van der Waals surface area contributed by atoms with Crippen molar-refractivity contribution < 1.29 is 0 Å². The first-order valence-electron chi connectivity index (χ1n) is 9.33. The fraction of sp³-hybridized carbons (Fsp3) is 0.227. The first-order chi connectivity index (χ1) is 13.3. The molecular weight excluding hydrogens is 334 g/mol. The number of hydrogen-bond donors (Lipinski definition) is 0. The van der Waals surface area contributed by atoms with Gasteiger partial charge in [0.1, 0.15) is 11.5 Å². The van der Waals surface area contributed by atoms with Gasteiger partial charge >= 0.3 is 0 Å². The fourth-order valence-corrected chi connectivity index (χ4v) is 3.65. The molecule has 5 nitrogen and oxygen atoms in total. The molecule has 2 aromatic carbocycles. The van der Waals surface area contributed by atoms with E-state index in [1.807, 2.05) is 30.5 Å². The van der Waals surface area contributed by atoms with Crippen molar-refractivity contribution in [3.63, 3.8) is 0 Å². The van der Waals surface area contributed by atoms with E-state index in [9.17, 15) is 0 Å². The van der Waals surface area contributed by atoms with Crippen molar-refractivity contribution in [3.8, 4) is 11.4 Å². The highest BCUT2D eigenvalue weighted by Crippen LogP contribution is 2.30. The van der Waals surface area contributed by atoms with Crippen LogP contribution in [0.2, 0.25) is 0 Å². The predicted molar refractivity (Wildman–Crippen MR) is 110 cm³/mol. The normalized spacial score (nSPS) is 15.5. The lowest BCUT2D eigenvalue weighted by atomic mass is 10.1. The van der Waals surface area contributed by atoms with Gasteiger partial charge in [-0.05, 0) is 30.6 Å². The summed E-state index contributed by atoms with van der Waals surface area (Å²) < 4.78 is 0. The fourth-order valence-electron chi connectivity index (χ4n) is 3.65. The van der Waals surface area contributed by atoms with Gasteiger partial charge in [-0.25, -0.2) is 9.97 Å². The molecule has 134 valence electrons. The Balaban J connectivity index is 1.66. The summed E-state index contributed by atoms with van der Waals surface area (Å²) in [5, 5.41) is 2.38. The Hall–Kier alpha value is -3.05. The summed E-state index contributed by atoms with van der Waals surface area (Å²) in [7, 11) is 2.17. The van der Waals surface area contributed by atoms with Gasteiger partial charge in [-0.1, -0.05) is 36.4 Å². The standard InChI is InChI=1S/C22H21N5/c1-26-10-12-27(13-11-26)22-17-7-3-2-6-16(17)14-20(25-22)21-15-23-18-8-4-5-9-19(18)24-21/h2-9,14-15H,10-13H2,1H3. The van der Waals surface area contributed by atoms with Gasteiger partial charge in [0.15, 0.2) is 0 Å². The second kappa shape index (κ2) is 6.59. The van der Waals surface area contributed by atoms with Crippen LogP contribution in [0.25, 0.3) is 33.2 Å². The smallest absolute Gasteiger partial charge is 0.137 e. The van der Waals surface area contributed by atoms with E-state index in [1.54, 1.807) is 0 Å². The van der Waals surface area contributed by atoms with Crippen LogP contribution in [0.15, 0.2) is 60.8 Å². The van der Waals surface area contributed by atoms with E-state index in [1.165, 1.54) is 10.8 Å². The van der Waals surface area contributed by atoms with Crippen molar-refractivity contribution >= 4 is 27.6 Å². The Morgan fingerprint density at radius 2 is 1.52 bits per heavy atom. The number of pyridine rings is 1. The van der Waals surface area contributed by atoms with Crippen LogP contribution in [0.4, 0.5) is 5.82 Å². The van der Waals surface area contributed by atoms with Gasteiger partial charge in [-0.15, -0.1) is 0 Å². The molecule has 1 saturated heterocycles. The van der Waals surface area contributed by atoms with Crippen molar-refractivity contribution in [2.45, 2.75) is 0 Å². The van der Waals surface area contributed by atoms with Crippen LogP contribution < -0.4 is 4.90 Å². The van der Waals surface area contributed by atoms with E-state index in [2.05, 4.69) is 52.2 Å². The third-order valence-corrected chi connectivity index (χ3v) is 5.23. The lowest BCUT2D eigenvalue weighted by molar-refractivity contribution is 0.312. The number of benzene rings is 2. The van der Waals surface area contributed by atoms with Crippen LogP contribution in [0.3, 0.4) is 0 Å². The largest absolute Gasteiger partial charge is 0.354 e. The third-order valence-electron chi connectivity index (χ3n) is 5.23. The Morgan fingerprint density at radius 3 is 2.37 bits per heavy atom. The van der Waals surface area contributed by atoms with E-state index in [0.717, 1.165) is 54.4 Å². The maximum Gasteiger partial charge on any atom is 0.137 e. The molecule has 0 unspecified atom stereocenters. The minimum Gasteiger partial charge on any atom is -0.354 e. The van der Waals surface area contributed by atoms with E-state index in [0.29, 0.717) is 0 Å². The average Bonchev–Trinajstić information content (AvgIpc) is 2.73. The summed E-state index contributed by atoms with van der Waals surface area (Å²) in [6, 6.07) is 18.5. The molecule has 4 aromatic rings. The quantitative estimate of drug-likeness (QED) is 0.550. The van der Waals surface area contributed by atoms with Crippen LogP contribution >= 0.6 is 0 Å². The highest BCUT2D eigenvalue weighted by Gasteiger charge is 2.19. The SMILES string of the molecule is CN1CCN(c2nc(-c3cnc4ccccc4n3)cc3ccccc23)CC1. The Labute approximate surface area is 158 Å². The number of fused-ring (bicyclic) bond motifs is 2. The molecule has 0 N–H and O–H groups in total. The lowest BCUT2D eigenvalue weighted by Gasteiger charge is -2.34. The first-order valence-corrected chi connectivity index (χ1v) is 9.33. The van der Waals surface area contributed by atoms with Gasteiger partial charge in [0.25, 0.3) is 0 Å². The second-order valence-electron chi connectivity index (χ2n) is 7.09. The minimum atomic E-state index is 0.815. The number of para-hydroxylation sites is 2. The molecule has 5 rings (SSSR count). The number of aromatic nitrogens is 3. The van der Waals surface area contributed by atoms with Crippen LogP contribution in [-0.2, 0) is 0 Å². The lowest BCUT2D eigenvalue weighted by Crippen LogP contribution is -2.44. The molecule has 0 bridgehead atoms. The van der Waals surface area contributed by atoms with Crippen LogP contribution in [0.1, 0.15) is 0 Å². The summed E-state index contributed by atoms with van der Waals surface area (Å²) in [4.78, 5) is 19.1. The minimum absolute atomic E-state index is 0.815. The Bertz CT molecular complexity index is 1120. The van der Waals surface area contributed by atoms with Crippen LogP contribution in [0.5, 0.6) is 0 Å². The number of likely N-dealkylation sites (N-methyl/N-ethyl adjacent to an activating group) is 1. The van der Waals surface area contributed by atoms with E-state index in [-0.39, 0.29) is 0 Å². The van der Waals surface area contributed by atoms with Gasteiger partial charge < -0.3 is 9.80 Å². The van der Waals surface area contributed by atoms with Crippen molar-refractivity contribution in [2.24, 2.45) is 0 Å². The molecule has 2 aromatic heterocycles. The molecule has 0 amide bonds. The monoisotopic (exact) mass is 355 g/mol. The Kier molecular flexibility index (Phi) is 3.94. The zero-order valence-corrected chi connectivity index (χ0v) is 15.3. The highest BCUT2D eigenvalue weighted by molar-refractivity contribution is 5.95. The maximum absolute atomic E-state index is 5.03. The topological polar surface area (TPSA) is 45.2 Å². The van der Waals surface area contributed by atoms with E-state index in [4.69, 9.17) is 9.97 Å². The average molecular weight is 355 g/mol. The molecule has 3 heterocycles. The van der Waals surface area contributed by atoms with Crippen molar-refractivity contribution in [1.29, 1.82) is 0 Å². The van der Waals surface area contributed by atoms with Gasteiger partial charge in [0.05, 0.1) is 22.9 Å². The molecule has 0 spiro atoms. The third kappa shape index (κ3) is 3.00. The molecule has 0 atom stereocenters. The molecule has 27 heavy (non-hydrogen) atoms. The molecule has 1 aliphatic rings. The zero-order valence-electron chi connectivity index (χ0n) is 15.3. The summed E-state index contributed by atoms with van der Waals surface area (Å²) >= 11 is 0. The van der Waals surface area contributed by atoms with Crippen LogP contribution in [-0.4, -0.2) is 53.1 Å². The molecule has 1 fully saturated rings. The predicted octanol–water partition coefficient (Wildman–Crippen LogP) is 3.60. The summed E-state index contributed by atoms with van der Waals surface area (Å²) in [5.41, 5.74) is 3.49. The number of rotatable bonds is 2. The van der Waals surface area contributed by atoms with Gasteiger partial charge in [0.2, 0.25) is 0 Å².